The third kappa shape index (κ3) is 4.35. The van der Waals surface area contributed by atoms with E-state index in [9.17, 15) is 9.59 Å². The first-order chi connectivity index (χ1) is 14.8. The number of benzene rings is 2. The topological polar surface area (TPSA) is 65.1 Å². The van der Waals surface area contributed by atoms with Gasteiger partial charge in [-0.15, -0.1) is 0 Å². The molecule has 1 fully saturated rings. The van der Waals surface area contributed by atoms with Gasteiger partial charge in [0.1, 0.15) is 22.8 Å². The number of aryl methyl sites for hydroxylation is 2. The van der Waals surface area contributed by atoms with Gasteiger partial charge >= 0.3 is 0 Å². The maximum absolute atomic E-state index is 12.7. The van der Waals surface area contributed by atoms with E-state index in [4.69, 9.17) is 25.8 Å². The Morgan fingerprint density at radius 1 is 1.13 bits per heavy atom. The molecule has 2 aromatic rings. The quantitative estimate of drug-likeness (QED) is 0.702. The van der Waals surface area contributed by atoms with Gasteiger partial charge in [0.2, 0.25) is 0 Å². The molecule has 0 aromatic heterocycles. The zero-order valence-corrected chi connectivity index (χ0v) is 18.8. The molecule has 164 valence electrons. The number of halogens is 1. The molecule has 1 spiro atoms. The Morgan fingerprint density at radius 2 is 1.81 bits per heavy atom. The number of ketones is 1. The number of carbonyl (C=O) groups is 2. The van der Waals surface area contributed by atoms with Crippen LogP contribution in [0.5, 0.6) is 17.2 Å². The molecule has 0 radical (unpaired) electrons. The first kappa shape index (κ1) is 21.5. The lowest BCUT2D eigenvalue weighted by atomic mass is 9.82. The van der Waals surface area contributed by atoms with E-state index in [1.54, 1.807) is 30.2 Å². The molecule has 0 aliphatic carbocycles. The van der Waals surface area contributed by atoms with Crippen LogP contribution >= 0.6 is 11.6 Å². The molecule has 31 heavy (non-hydrogen) atoms. The fourth-order valence-corrected chi connectivity index (χ4v) is 4.38. The minimum atomic E-state index is -0.555. The second-order valence-corrected chi connectivity index (χ2v) is 8.67. The average molecular weight is 444 g/mol. The Balaban J connectivity index is 1.36. The van der Waals surface area contributed by atoms with Crippen LogP contribution in [0.1, 0.15) is 40.7 Å². The second kappa shape index (κ2) is 8.42. The molecule has 2 aromatic carbocycles. The summed E-state index contributed by atoms with van der Waals surface area (Å²) in [7, 11) is 1.57. The first-order valence-corrected chi connectivity index (χ1v) is 10.8. The fourth-order valence-electron chi connectivity index (χ4n) is 4.27. The summed E-state index contributed by atoms with van der Waals surface area (Å²) in [6.45, 7) is 4.84. The smallest absolute Gasteiger partial charge is 0.260 e. The van der Waals surface area contributed by atoms with Crippen molar-refractivity contribution < 1.29 is 23.8 Å². The number of amides is 1. The van der Waals surface area contributed by atoms with Gasteiger partial charge in [-0.3, -0.25) is 9.59 Å². The zero-order valence-electron chi connectivity index (χ0n) is 18.0. The Kier molecular flexibility index (Phi) is 5.84. The van der Waals surface area contributed by atoms with E-state index >= 15 is 0 Å². The van der Waals surface area contributed by atoms with Crippen molar-refractivity contribution in [1.29, 1.82) is 0 Å². The number of hydrogen-bond acceptors (Lipinski definition) is 5. The molecule has 0 atom stereocenters. The maximum atomic E-state index is 12.7. The average Bonchev–Trinajstić information content (AvgIpc) is 2.76. The molecule has 1 amide bonds. The van der Waals surface area contributed by atoms with Crippen molar-refractivity contribution in [2.24, 2.45) is 0 Å². The van der Waals surface area contributed by atoms with Crippen molar-refractivity contribution in [3.8, 4) is 17.2 Å². The third-order valence-corrected chi connectivity index (χ3v) is 6.69. The molecule has 2 aliphatic rings. The number of methoxy groups -OCH3 is 1. The molecule has 4 rings (SSSR count). The molecule has 2 aliphatic heterocycles. The maximum Gasteiger partial charge on any atom is 0.260 e. The molecule has 2 heterocycles. The Hall–Kier alpha value is -2.73. The van der Waals surface area contributed by atoms with Crippen LogP contribution < -0.4 is 14.2 Å². The Morgan fingerprint density at radius 3 is 2.45 bits per heavy atom. The highest BCUT2D eigenvalue weighted by molar-refractivity contribution is 6.32. The number of piperidine rings is 1. The van der Waals surface area contributed by atoms with Gasteiger partial charge in [0.05, 0.1) is 19.1 Å². The normalized spacial score (nSPS) is 17.2. The number of fused-ring (bicyclic) bond motifs is 1. The number of nitrogens with zero attached hydrogens (tertiary/aromatic N) is 1. The van der Waals surface area contributed by atoms with E-state index in [1.807, 2.05) is 26.0 Å². The molecule has 0 bridgehead atoms. The van der Waals surface area contributed by atoms with Crippen LogP contribution in [0.25, 0.3) is 0 Å². The van der Waals surface area contributed by atoms with Crippen LogP contribution in [0.4, 0.5) is 0 Å². The van der Waals surface area contributed by atoms with Crippen LogP contribution in [0.15, 0.2) is 30.3 Å². The summed E-state index contributed by atoms with van der Waals surface area (Å²) in [6.07, 6.45) is 1.53. The lowest BCUT2D eigenvalue weighted by molar-refractivity contribution is -0.136. The fraction of sp³-hybridized carbons (Fsp3) is 0.417. The molecule has 0 saturated carbocycles. The van der Waals surface area contributed by atoms with Crippen LogP contribution in [-0.2, 0) is 4.79 Å². The van der Waals surface area contributed by atoms with Gasteiger partial charge in [-0.05, 0) is 55.3 Å². The van der Waals surface area contributed by atoms with Crippen LogP contribution in [0.3, 0.4) is 0 Å². The minimum Gasteiger partial charge on any atom is -0.497 e. The highest BCUT2D eigenvalue weighted by atomic mass is 35.5. The lowest BCUT2D eigenvalue weighted by Crippen LogP contribution is -2.53. The van der Waals surface area contributed by atoms with Gasteiger partial charge in [-0.25, -0.2) is 0 Å². The number of hydrogen-bond donors (Lipinski definition) is 0. The van der Waals surface area contributed by atoms with Crippen LogP contribution in [-0.4, -0.2) is 49.0 Å². The second-order valence-electron chi connectivity index (χ2n) is 8.29. The number of ether oxygens (including phenoxy) is 3. The number of rotatable bonds is 4. The van der Waals surface area contributed by atoms with E-state index in [2.05, 4.69) is 0 Å². The highest BCUT2D eigenvalue weighted by Crippen LogP contribution is 2.40. The van der Waals surface area contributed by atoms with Gasteiger partial charge in [-0.2, -0.15) is 0 Å². The van der Waals surface area contributed by atoms with Crippen LogP contribution in [0, 0.1) is 13.8 Å². The Bertz CT molecular complexity index is 1000. The monoisotopic (exact) mass is 443 g/mol. The summed E-state index contributed by atoms with van der Waals surface area (Å²) in [5.41, 5.74) is 1.84. The van der Waals surface area contributed by atoms with E-state index in [0.29, 0.717) is 60.2 Å². The van der Waals surface area contributed by atoms with Crippen molar-refractivity contribution in [2.45, 2.75) is 38.7 Å². The highest BCUT2D eigenvalue weighted by Gasteiger charge is 2.43. The van der Waals surface area contributed by atoms with Crippen molar-refractivity contribution >= 4 is 23.3 Å². The molecule has 6 nitrogen and oxygen atoms in total. The van der Waals surface area contributed by atoms with E-state index < -0.39 is 5.60 Å². The SMILES string of the molecule is COc1ccc2c(c1)C(=O)CC1(CCN(C(=O)COc3cc(C)c(Cl)c(C)c3)CC1)O2. The van der Waals surface area contributed by atoms with Crippen LogP contribution in [0.2, 0.25) is 5.02 Å². The molecule has 0 N–H and O–H groups in total. The first-order valence-electron chi connectivity index (χ1n) is 10.4. The van der Waals surface area contributed by atoms with Crippen molar-refractivity contribution in [3.05, 3.63) is 52.0 Å². The molecular weight excluding hydrogens is 418 g/mol. The van der Waals surface area contributed by atoms with Gasteiger partial charge in [-0.1, -0.05) is 11.6 Å². The third-order valence-electron chi connectivity index (χ3n) is 6.10. The van der Waals surface area contributed by atoms with Gasteiger partial charge in [0.15, 0.2) is 12.4 Å². The van der Waals surface area contributed by atoms with Gasteiger partial charge in [0, 0.05) is 31.0 Å². The summed E-state index contributed by atoms with van der Waals surface area (Å²) in [5.74, 6) is 1.84. The number of likely N-dealkylation sites (tertiary alicyclic amines) is 1. The van der Waals surface area contributed by atoms with Crippen molar-refractivity contribution in [2.75, 3.05) is 26.8 Å². The molecular formula is C24H26ClNO5. The zero-order chi connectivity index (χ0) is 22.2. The summed E-state index contributed by atoms with van der Waals surface area (Å²) in [5, 5.41) is 0.710. The number of Topliss-reactive ketones (excluding diaryl/α,β-unsaturated/α-hetero) is 1. The summed E-state index contributed by atoms with van der Waals surface area (Å²) in [4.78, 5) is 27.2. The molecule has 1 saturated heterocycles. The lowest BCUT2D eigenvalue weighted by Gasteiger charge is -2.43. The predicted molar refractivity (Wildman–Crippen MR) is 118 cm³/mol. The largest absolute Gasteiger partial charge is 0.497 e. The summed E-state index contributed by atoms with van der Waals surface area (Å²) < 4.78 is 17.2. The Labute approximate surface area is 187 Å². The van der Waals surface area contributed by atoms with E-state index in [0.717, 1.165) is 11.1 Å². The van der Waals surface area contributed by atoms with E-state index in [1.165, 1.54) is 0 Å². The van der Waals surface area contributed by atoms with Crippen molar-refractivity contribution in [3.63, 3.8) is 0 Å². The summed E-state index contributed by atoms with van der Waals surface area (Å²) in [6, 6.07) is 8.97. The molecule has 7 heteroatoms. The van der Waals surface area contributed by atoms with Gasteiger partial charge in [0.25, 0.3) is 5.91 Å². The van der Waals surface area contributed by atoms with E-state index in [-0.39, 0.29) is 18.3 Å². The minimum absolute atomic E-state index is 0.0318. The standard InChI is InChI=1S/C24H26ClNO5/c1-15-10-18(11-16(2)23(15)25)30-14-22(28)26-8-6-24(7-9-26)13-20(27)19-12-17(29-3)4-5-21(19)31-24/h4-5,10-12H,6-9,13-14H2,1-3H3. The summed E-state index contributed by atoms with van der Waals surface area (Å²) >= 11 is 6.19. The van der Waals surface area contributed by atoms with Gasteiger partial charge < -0.3 is 19.1 Å². The predicted octanol–water partition coefficient (Wildman–Crippen LogP) is 4.37. The number of carbonyl (C=O) groups excluding carboxylic acids is 2. The van der Waals surface area contributed by atoms with Crippen molar-refractivity contribution in [1.82, 2.24) is 4.90 Å². The molecule has 0 unspecified atom stereocenters.